The Kier molecular flexibility index (Phi) is 5.53. The van der Waals surface area contributed by atoms with E-state index in [1.165, 1.54) is 0 Å². The lowest BCUT2D eigenvalue weighted by atomic mass is 10.1. The van der Waals surface area contributed by atoms with Crippen molar-refractivity contribution in [2.45, 2.75) is 19.9 Å². The molecule has 0 aliphatic heterocycles. The molecule has 0 spiro atoms. The summed E-state index contributed by atoms with van der Waals surface area (Å²) in [6, 6.07) is 9.95. The van der Waals surface area contributed by atoms with E-state index in [1.54, 1.807) is 0 Å². The third-order valence-corrected chi connectivity index (χ3v) is 3.60. The zero-order valence-corrected chi connectivity index (χ0v) is 13.2. The summed E-state index contributed by atoms with van der Waals surface area (Å²) in [5.74, 6) is 0.0687. The lowest BCUT2D eigenvalue weighted by Crippen LogP contribution is -3.08. The van der Waals surface area contributed by atoms with Crippen molar-refractivity contribution >= 4 is 28.4 Å². The number of hydrogen-bond donors (Lipinski definition) is 2. The molecule has 1 unspecified atom stereocenters. The van der Waals surface area contributed by atoms with Crippen LogP contribution < -0.4 is 10.2 Å². The zero-order chi connectivity index (χ0) is 15.2. The molecule has 1 amide bonds. The van der Waals surface area contributed by atoms with Crippen molar-refractivity contribution in [2.24, 2.45) is 0 Å². The molecule has 0 fully saturated rings. The Balaban J connectivity index is 2.05. The fourth-order valence-corrected chi connectivity index (χ4v) is 2.46. The maximum atomic E-state index is 11.7. The molecule has 2 N–H and O–H groups in total. The van der Waals surface area contributed by atoms with Gasteiger partial charge in [0.05, 0.1) is 12.6 Å². The van der Waals surface area contributed by atoms with Gasteiger partial charge in [-0.2, -0.15) is 0 Å². The fourth-order valence-electron chi connectivity index (χ4n) is 2.25. The highest BCUT2D eigenvalue weighted by Crippen LogP contribution is 2.19. The van der Waals surface area contributed by atoms with E-state index in [0.717, 1.165) is 34.3 Å². The minimum atomic E-state index is 0.0687. The van der Waals surface area contributed by atoms with Gasteiger partial charge < -0.3 is 10.2 Å². The average molecular weight is 307 g/mol. The molecule has 0 aliphatic rings. The number of halogens is 1. The molecule has 1 heterocycles. The maximum Gasteiger partial charge on any atom is 0.275 e. The highest BCUT2D eigenvalue weighted by molar-refractivity contribution is 6.30. The minimum Gasteiger partial charge on any atom is -0.351 e. The topological polar surface area (TPSA) is 46.4 Å². The van der Waals surface area contributed by atoms with Crippen molar-refractivity contribution in [1.29, 1.82) is 0 Å². The Morgan fingerprint density at radius 1 is 1.38 bits per heavy atom. The number of hydrogen-bond acceptors (Lipinski definition) is 2. The quantitative estimate of drug-likeness (QED) is 0.793. The van der Waals surface area contributed by atoms with Crippen LogP contribution in [0.15, 0.2) is 30.3 Å². The standard InChI is InChI=1S/C16H20ClN3O/c1-3-8-18-15(21)11-20(2)10-13-9-12-6-4-5-7-14(12)19-16(13)17/h4-7,9H,3,8,10-11H2,1-2H3,(H,18,21)/p+1. The van der Waals surface area contributed by atoms with Gasteiger partial charge in [-0.3, -0.25) is 4.79 Å². The van der Waals surface area contributed by atoms with Crippen LogP contribution in [-0.2, 0) is 11.3 Å². The largest absolute Gasteiger partial charge is 0.351 e. The number of aromatic nitrogens is 1. The van der Waals surface area contributed by atoms with Crippen molar-refractivity contribution in [3.8, 4) is 0 Å². The smallest absolute Gasteiger partial charge is 0.275 e. The summed E-state index contributed by atoms with van der Waals surface area (Å²) in [6.45, 7) is 3.88. The first-order valence-corrected chi connectivity index (χ1v) is 7.60. The van der Waals surface area contributed by atoms with Crippen LogP contribution >= 0.6 is 11.6 Å². The molecule has 0 radical (unpaired) electrons. The molecule has 1 aromatic carbocycles. The predicted octanol–water partition coefficient (Wildman–Crippen LogP) is 1.43. The molecule has 1 atom stereocenters. The summed E-state index contributed by atoms with van der Waals surface area (Å²) in [7, 11) is 1.98. The van der Waals surface area contributed by atoms with Crippen molar-refractivity contribution in [1.82, 2.24) is 10.3 Å². The van der Waals surface area contributed by atoms with Gasteiger partial charge in [0.25, 0.3) is 5.91 Å². The van der Waals surface area contributed by atoms with Gasteiger partial charge in [0, 0.05) is 17.5 Å². The van der Waals surface area contributed by atoms with Crippen LogP contribution in [0.3, 0.4) is 0 Å². The molecule has 4 nitrogen and oxygen atoms in total. The molecular weight excluding hydrogens is 286 g/mol. The number of fused-ring (bicyclic) bond motifs is 1. The number of nitrogens with zero attached hydrogens (tertiary/aromatic N) is 1. The highest BCUT2D eigenvalue weighted by Gasteiger charge is 2.13. The lowest BCUT2D eigenvalue weighted by Gasteiger charge is -2.14. The third kappa shape index (κ3) is 4.41. The number of carbonyl (C=O) groups excluding carboxylic acids is 1. The second-order valence-corrected chi connectivity index (χ2v) is 5.65. The number of quaternary nitrogens is 1. The maximum absolute atomic E-state index is 11.7. The van der Waals surface area contributed by atoms with E-state index in [4.69, 9.17) is 11.6 Å². The van der Waals surface area contributed by atoms with E-state index in [-0.39, 0.29) is 5.91 Å². The van der Waals surface area contributed by atoms with Gasteiger partial charge >= 0.3 is 0 Å². The van der Waals surface area contributed by atoms with Crippen LogP contribution in [0.5, 0.6) is 0 Å². The molecule has 0 saturated carbocycles. The second kappa shape index (κ2) is 7.38. The van der Waals surface area contributed by atoms with E-state index in [9.17, 15) is 4.79 Å². The van der Waals surface area contributed by atoms with Crippen LogP contribution in [0.4, 0.5) is 0 Å². The molecule has 112 valence electrons. The first-order valence-electron chi connectivity index (χ1n) is 7.22. The van der Waals surface area contributed by atoms with E-state index >= 15 is 0 Å². The normalized spacial score (nSPS) is 12.3. The molecule has 21 heavy (non-hydrogen) atoms. The first-order chi connectivity index (χ1) is 10.1. The van der Waals surface area contributed by atoms with Gasteiger partial charge in [-0.15, -0.1) is 0 Å². The van der Waals surface area contributed by atoms with Gasteiger partial charge in [-0.25, -0.2) is 4.98 Å². The molecule has 5 heteroatoms. The molecule has 0 saturated heterocycles. The summed E-state index contributed by atoms with van der Waals surface area (Å²) < 4.78 is 0. The fraction of sp³-hybridized carbons (Fsp3) is 0.375. The van der Waals surface area contributed by atoms with Crippen molar-refractivity contribution < 1.29 is 9.69 Å². The Morgan fingerprint density at radius 2 is 2.14 bits per heavy atom. The molecule has 1 aromatic heterocycles. The van der Waals surface area contributed by atoms with E-state index < -0.39 is 0 Å². The summed E-state index contributed by atoms with van der Waals surface area (Å²) in [5, 5.41) is 4.47. The van der Waals surface area contributed by atoms with Crippen molar-refractivity contribution in [3.63, 3.8) is 0 Å². The molecule has 0 aliphatic carbocycles. The third-order valence-electron chi connectivity index (χ3n) is 3.28. The van der Waals surface area contributed by atoms with Gasteiger partial charge in [-0.1, -0.05) is 36.7 Å². The predicted molar refractivity (Wildman–Crippen MR) is 85.5 cm³/mol. The lowest BCUT2D eigenvalue weighted by molar-refractivity contribution is -0.885. The molecule has 0 bridgehead atoms. The number of nitrogens with one attached hydrogen (secondary N) is 2. The summed E-state index contributed by atoms with van der Waals surface area (Å²) >= 11 is 6.24. The number of benzene rings is 1. The Bertz CT molecular complexity index is 630. The molecule has 2 aromatic rings. The van der Waals surface area contributed by atoms with Crippen LogP contribution in [0.2, 0.25) is 5.15 Å². The summed E-state index contributed by atoms with van der Waals surface area (Å²) in [6.07, 6.45) is 0.950. The van der Waals surface area contributed by atoms with Crippen LogP contribution in [0.25, 0.3) is 10.9 Å². The van der Waals surface area contributed by atoms with Gasteiger partial charge in [0.15, 0.2) is 6.54 Å². The Labute approximate surface area is 130 Å². The van der Waals surface area contributed by atoms with Crippen molar-refractivity contribution in [2.75, 3.05) is 20.1 Å². The molecule has 2 rings (SSSR count). The van der Waals surface area contributed by atoms with Crippen molar-refractivity contribution in [3.05, 3.63) is 41.0 Å². The van der Waals surface area contributed by atoms with Crippen LogP contribution in [0, 0.1) is 0 Å². The monoisotopic (exact) mass is 306 g/mol. The number of carbonyl (C=O) groups is 1. The Hall–Kier alpha value is -1.65. The zero-order valence-electron chi connectivity index (χ0n) is 12.4. The second-order valence-electron chi connectivity index (χ2n) is 5.29. The van der Waals surface area contributed by atoms with E-state index in [0.29, 0.717) is 18.2 Å². The minimum absolute atomic E-state index is 0.0687. The van der Waals surface area contributed by atoms with E-state index in [2.05, 4.69) is 16.4 Å². The van der Waals surface area contributed by atoms with Gasteiger partial charge in [0.2, 0.25) is 0 Å². The number of rotatable bonds is 6. The number of amides is 1. The SMILES string of the molecule is CCCNC(=O)C[NH+](C)Cc1cc2ccccc2nc1Cl. The first kappa shape index (κ1) is 15.7. The van der Waals surface area contributed by atoms with Crippen LogP contribution in [0.1, 0.15) is 18.9 Å². The number of pyridine rings is 1. The summed E-state index contributed by atoms with van der Waals surface area (Å²) in [5.41, 5.74) is 1.86. The summed E-state index contributed by atoms with van der Waals surface area (Å²) in [4.78, 5) is 17.2. The van der Waals surface area contributed by atoms with Gasteiger partial charge in [-0.05, 0) is 18.6 Å². The van der Waals surface area contributed by atoms with Crippen LogP contribution in [-0.4, -0.2) is 31.0 Å². The van der Waals surface area contributed by atoms with E-state index in [1.807, 2.05) is 38.2 Å². The molecular formula is C16H21ClN3O+. The average Bonchev–Trinajstić information content (AvgIpc) is 2.45. The highest BCUT2D eigenvalue weighted by atomic mass is 35.5. The number of para-hydroxylation sites is 1. The Morgan fingerprint density at radius 3 is 2.90 bits per heavy atom. The number of likely N-dealkylation sites (N-methyl/N-ethyl adjacent to an activating group) is 1. The van der Waals surface area contributed by atoms with Gasteiger partial charge in [0.1, 0.15) is 11.7 Å².